The molecule has 0 saturated heterocycles. The number of nitrogens with one attached hydrogen (secondary N) is 2. The van der Waals surface area contributed by atoms with Gasteiger partial charge in [-0.05, 0) is 67.2 Å². The summed E-state index contributed by atoms with van der Waals surface area (Å²) in [6.45, 7) is 2.74. The van der Waals surface area contributed by atoms with E-state index in [0.717, 1.165) is 35.5 Å². The van der Waals surface area contributed by atoms with E-state index >= 15 is 0 Å². The van der Waals surface area contributed by atoms with Crippen molar-refractivity contribution in [2.75, 3.05) is 20.3 Å². The van der Waals surface area contributed by atoms with Crippen molar-refractivity contribution in [1.29, 1.82) is 0 Å². The molecule has 1 fully saturated rings. The summed E-state index contributed by atoms with van der Waals surface area (Å²) < 4.78 is 16.4. The van der Waals surface area contributed by atoms with Gasteiger partial charge < -0.3 is 24.8 Å². The molecule has 32 heavy (non-hydrogen) atoms. The van der Waals surface area contributed by atoms with E-state index in [9.17, 15) is 9.59 Å². The van der Waals surface area contributed by atoms with Crippen molar-refractivity contribution in [3.05, 3.63) is 59.7 Å². The van der Waals surface area contributed by atoms with Crippen LogP contribution in [0.5, 0.6) is 17.2 Å². The first-order chi connectivity index (χ1) is 15.5. The zero-order valence-corrected chi connectivity index (χ0v) is 18.3. The minimum absolute atomic E-state index is 0.118. The normalized spacial score (nSPS) is 16.8. The maximum atomic E-state index is 12.8. The van der Waals surface area contributed by atoms with Gasteiger partial charge in [-0.2, -0.15) is 0 Å². The van der Waals surface area contributed by atoms with E-state index < -0.39 is 6.04 Å². The molecule has 2 aliphatic rings. The lowest BCUT2D eigenvalue weighted by atomic mass is 10.0. The van der Waals surface area contributed by atoms with Gasteiger partial charge in [0.05, 0.1) is 13.2 Å². The smallest absolute Gasteiger partial charge is 0.244 e. The molecule has 2 aromatic rings. The van der Waals surface area contributed by atoms with Gasteiger partial charge >= 0.3 is 0 Å². The van der Waals surface area contributed by atoms with Crippen LogP contribution in [0.15, 0.2) is 48.5 Å². The van der Waals surface area contributed by atoms with E-state index in [1.165, 1.54) is 6.08 Å². The molecule has 168 valence electrons. The van der Waals surface area contributed by atoms with Crippen LogP contribution in [-0.4, -0.2) is 38.2 Å². The van der Waals surface area contributed by atoms with E-state index in [1.807, 2.05) is 42.5 Å². The van der Waals surface area contributed by atoms with Gasteiger partial charge in [-0.1, -0.05) is 18.2 Å². The predicted molar refractivity (Wildman–Crippen MR) is 121 cm³/mol. The maximum Gasteiger partial charge on any atom is 0.244 e. The Hall–Kier alpha value is -3.48. The van der Waals surface area contributed by atoms with Crippen LogP contribution in [-0.2, 0) is 9.59 Å². The Morgan fingerprint density at radius 2 is 1.75 bits per heavy atom. The molecule has 1 aliphatic heterocycles. The summed E-state index contributed by atoms with van der Waals surface area (Å²) in [6, 6.07) is 12.4. The van der Waals surface area contributed by atoms with E-state index in [4.69, 9.17) is 14.2 Å². The van der Waals surface area contributed by atoms with Gasteiger partial charge in [-0.25, -0.2) is 0 Å². The number of hydrogen-bond donors (Lipinski definition) is 2. The lowest BCUT2D eigenvalue weighted by Crippen LogP contribution is -2.45. The lowest BCUT2D eigenvalue weighted by Gasteiger charge is -2.24. The van der Waals surface area contributed by atoms with Crippen molar-refractivity contribution in [3.8, 4) is 17.2 Å². The van der Waals surface area contributed by atoms with Crippen molar-refractivity contribution in [2.24, 2.45) is 5.92 Å². The second kappa shape index (κ2) is 9.77. The summed E-state index contributed by atoms with van der Waals surface area (Å²) >= 11 is 0. The first-order valence-corrected chi connectivity index (χ1v) is 10.9. The average molecular weight is 437 g/mol. The van der Waals surface area contributed by atoms with E-state index in [1.54, 1.807) is 20.1 Å². The van der Waals surface area contributed by atoms with Gasteiger partial charge in [0.25, 0.3) is 0 Å². The minimum Gasteiger partial charge on any atom is -0.497 e. The van der Waals surface area contributed by atoms with Gasteiger partial charge in [0, 0.05) is 6.08 Å². The highest BCUT2D eigenvalue weighted by Gasteiger charge is 2.35. The molecular formula is C25H28N2O5. The van der Waals surface area contributed by atoms with E-state index in [2.05, 4.69) is 10.6 Å². The molecule has 0 bridgehead atoms. The van der Waals surface area contributed by atoms with Crippen LogP contribution in [0.3, 0.4) is 0 Å². The molecule has 2 amide bonds. The first-order valence-electron chi connectivity index (χ1n) is 10.9. The Morgan fingerprint density at radius 1 is 1.03 bits per heavy atom. The Kier molecular flexibility index (Phi) is 6.63. The molecule has 7 nitrogen and oxygen atoms in total. The molecule has 2 atom stereocenters. The SMILES string of the molecule is COc1ccc(/C=C/C(=O)NC(C)C(=O)NC(c2ccc3c(c2)OCCO3)C2CC2)cc1. The number of benzene rings is 2. The fraction of sp³-hybridized carbons (Fsp3) is 0.360. The first kappa shape index (κ1) is 21.7. The molecule has 7 heteroatoms. The highest BCUT2D eigenvalue weighted by molar-refractivity contribution is 5.95. The molecule has 2 aromatic carbocycles. The van der Waals surface area contributed by atoms with Crippen molar-refractivity contribution in [3.63, 3.8) is 0 Å². The zero-order chi connectivity index (χ0) is 22.5. The monoisotopic (exact) mass is 436 g/mol. The van der Waals surface area contributed by atoms with Gasteiger partial charge in [0.2, 0.25) is 11.8 Å². The third kappa shape index (κ3) is 5.41. The largest absolute Gasteiger partial charge is 0.497 e. The lowest BCUT2D eigenvalue weighted by molar-refractivity contribution is -0.127. The molecule has 0 aromatic heterocycles. The number of carbonyl (C=O) groups excluding carboxylic acids is 2. The summed E-state index contributed by atoms with van der Waals surface area (Å²) in [5.41, 5.74) is 1.86. The number of rotatable bonds is 8. The van der Waals surface area contributed by atoms with E-state index in [-0.39, 0.29) is 17.9 Å². The predicted octanol–water partition coefficient (Wildman–Crippen LogP) is 3.25. The van der Waals surface area contributed by atoms with Crippen LogP contribution < -0.4 is 24.8 Å². The number of amides is 2. The standard InChI is InChI=1S/C25H28N2O5/c1-16(26-23(28)12-5-17-3-9-20(30-2)10-4-17)25(29)27-24(18-6-7-18)19-8-11-21-22(15-19)32-14-13-31-21/h3-5,8-12,15-16,18,24H,6-7,13-14H2,1-2H3,(H,26,28)(H,27,29)/b12-5+. The van der Waals surface area contributed by atoms with Crippen molar-refractivity contribution in [1.82, 2.24) is 10.6 Å². The van der Waals surface area contributed by atoms with Gasteiger partial charge in [-0.3, -0.25) is 9.59 Å². The maximum absolute atomic E-state index is 12.8. The van der Waals surface area contributed by atoms with Crippen LogP contribution in [0.25, 0.3) is 6.08 Å². The topological polar surface area (TPSA) is 85.9 Å². The van der Waals surface area contributed by atoms with Crippen molar-refractivity contribution < 1.29 is 23.8 Å². The molecule has 2 unspecified atom stereocenters. The average Bonchev–Trinajstić information content (AvgIpc) is 3.66. The summed E-state index contributed by atoms with van der Waals surface area (Å²) in [4.78, 5) is 25.1. The quantitative estimate of drug-likeness (QED) is 0.621. The fourth-order valence-electron chi connectivity index (χ4n) is 3.65. The molecule has 1 aliphatic carbocycles. The molecule has 0 spiro atoms. The number of methoxy groups -OCH3 is 1. The highest BCUT2D eigenvalue weighted by Crippen LogP contribution is 2.43. The van der Waals surface area contributed by atoms with Gasteiger partial charge in [0.1, 0.15) is 25.0 Å². The molecule has 2 N–H and O–H groups in total. The van der Waals surface area contributed by atoms with Crippen molar-refractivity contribution >= 4 is 17.9 Å². The number of ether oxygens (including phenoxy) is 3. The van der Waals surface area contributed by atoms with Gasteiger partial charge in [-0.15, -0.1) is 0 Å². The number of carbonyl (C=O) groups is 2. The second-order valence-electron chi connectivity index (χ2n) is 8.06. The zero-order valence-electron chi connectivity index (χ0n) is 18.3. The van der Waals surface area contributed by atoms with Crippen LogP contribution in [0.4, 0.5) is 0 Å². The third-order valence-electron chi connectivity index (χ3n) is 5.61. The van der Waals surface area contributed by atoms with Crippen LogP contribution in [0.1, 0.15) is 36.9 Å². The summed E-state index contributed by atoms with van der Waals surface area (Å²) in [5, 5.41) is 5.84. The molecule has 1 heterocycles. The van der Waals surface area contributed by atoms with Gasteiger partial charge in [0.15, 0.2) is 11.5 Å². The summed E-state index contributed by atoms with van der Waals surface area (Å²) in [5.74, 6) is 2.03. The fourth-order valence-corrected chi connectivity index (χ4v) is 3.65. The summed E-state index contributed by atoms with van der Waals surface area (Å²) in [6.07, 6.45) is 5.24. The van der Waals surface area contributed by atoms with Crippen LogP contribution in [0, 0.1) is 5.92 Å². The Bertz CT molecular complexity index is 998. The molecule has 1 saturated carbocycles. The number of hydrogen-bond acceptors (Lipinski definition) is 5. The molecule has 0 radical (unpaired) electrons. The van der Waals surface area contributed by atoms with Crippen molar-refractivity contribution in [2.45, 2.75) is 31.8 Å². The third-order valence-corrected chi connectivity index (χ3v) is 5.61. The van der Waals surface area contributed by atoms with Crippen LogP contribution in [0.2, 0.25) is 0 Å². The van der Waals surface area contributed by atoms with Crippen LogP contribution >= 0.6 is 0 Å². The Morgan fingerprint density at radius 3 is 2.44 bits per heavy atom. The Labute approximate surface area is 187 Å². The molecular weight excluding hydrogens is 408 g/mol. The minimum atomic E-state index is -0.665. The Balaban J connectivity index is 1.35. The molecule has 4 rings (SSSR count). The van der Waals surface area contributed by atoms with E-state index in [0.29, 0.717) is 24.9 Å². The second-order valence-corrected chi connectivity index (χ2v) is 8.06. The highest BCUT2D eigenvalue weighted by atomic mass is 16.6. The number of fused-ring (bicyclic) bond motifs is 1. The summed E-state index contributed by atoms with van der Waals surface area (Å²) in [7, 11) is 1.60.